The molecule has 1 aromatic carbocycles. The van der Waals surface area contributed by atoms with Crippen LogP contribution >= 0.6 is 11.3 Å². The van der Waals surface area contributed by atoms with Gasteiger partial charge in [-0.3, -0.25) is 10.1 Å². The Kier molecular flexibility index (Phi) is 8.80. The smallest absolute Gasteiger partial charge is 0.116 e. The molecule has 0 amide bonds. The number of aromatic nitrogens is 4. The summed E-state index contributed by atoms with van der Waals surface area (Å²) in [5, 5.41) is 10.6. The fourth-order valence-electron chi connectivity index (χ4n) is 4.92. The molecule has 0 bridgehead atoms. The molecule has 0 spiro atoms. The molecule has 0 unspecified atom stereocenters. The highest BCUT2D eigenvalue weighted by molar-refractivity contribution is 7.16. The molecule has 42 heavy (non-hydrogen) atoms. The fraction of sp³-hybridized carbons (Fsp3) is 0.135. The van der Waals surface area contributed by atoms with Crippen LogP contribution < -0.4 is 10.6 Å². The summed E-state index contributed by atoms with van der Waals surface area (Å²) in [6.07, 6.45) is 16.2. The molecule has 4 heterocycles. The van der Waals surface area contributed by atoms with Crippen molar-refractivity contribution in [3.63, 3.8) is 0 Å². The number of hydrogen-bond donors (Lipinski definition) is 2. The van der Waals surface area contributed by atoms with E-state index in [1.807, 2.05) is 31.5 Å². The molecule has 4 nitrogen and oxygen atoms in total. The molecule has 0 saturated heterocycles. The van der Waals surface area contributed by atoms with E-state index in [-0.39, 0.29) is 0 Å². The minimum absolute atomic E-state index is 0.796. The number of rotatable bonds is 10. The van der Waals surface area contributed by atoms with Crippen molar-refractivity contribution in [1.29, 1.82) is 0 Å². The van der Waals surface area contributed by atoms with Crippen LogP contribution in [0.15, 0.2) is 115 Å². The topological polar surface area (TPSA) is 57.4 Å². The Morgan fingerprint density at radius 2 is 1.88 bits per heavy atom. The Balaban J connectivity index is 1.40. The van der Waals surface area contributed by atoms with Crippen LogP contribution in [0.5, 0.6) is 0 Å². The zero-order valence-electron chi connectivity index (χ0n) is 24.5. The van der Waals surface area contributed by atoms with Gasteiger partial charge in [0, 0.05) is 32.1 Å². The summed E-state index contributed by atoms with van der Waals surface area (Å²) in [5.41, 5.74) is 9.68. The molecular weight excluding hydrogens is 533 g/mol. The second-order valence-electron chi connectivity index (χ2n) is 10.4. The van der Waals surface area contributed by atoms with Crippen LogP contribution in [0.1, 0.15) is 37.6 Å². The third-order valence-corrected chi connectivity index (χ3v) is 8.69. The number of hydrogen-bond acceptors (Lipinski definition) is 3. The summed E-state index contributed by atoms with van der Waals surface area (Å²) in [7, 11) is 0. The van der Waals surface area contributed by atoms with Gasteiger partial charge in [0.25, 0.3) is 0 Å². The predicted octanol–water partition coefficient (Wildman–Crippen LogP) is 8.54. The maximum atomic E-state index is 4.62. The van der Waals surface area contributed by atoms with Crippen LogP contribution in [0.2, 0.25) is 0 Å². The van der Waals surface area contributed by atoms with Crippen molar-refractivity contribution in [1.82, 2.24) is 20.2 Å². The molecule has 4 aromatic heterocycles. The van der Waals surface area contributed by atoms with Gasteiger partial charge in [-0.2, -0.15) is 5.10 Å². The van der Waals surface area contributed by atoms with E-state index in [0.717, 1.165) is 67.3 Å². The minimum atomic E-state index is 0.796. The Morgan fingerprint density at radius 3 is 2.60 bits per heavy atom. The normalized spacial score (nSPS) is 13.2. The van der Waals surface area contributed by atoms with Crippen LogP contribution in [-0.4, -0.2) is 20.2 Å². The monoisotopic (exact) mass is 568 g/mol. The number of nitrogens with one attached hydrogen (secondary N) is 2. The summed E-state index contributed by atoms with van der Waals surface area (Å²) in [5.74, 6) is 0. The standard InChI is InChI=1S/C37H36N4S/c1-7-27(15-16-28-12-10-9-11-13-28)20-29(8-2)25(5)14-17-32-26(6)37(41-40-32)33-21-30-31(22-38-23-34(30)39-33)36-19-18-35(42-36)24(3)4/h7-14,17-23,39-40H,1,3,6,15-16H2,2,4-5H3/b25-14+,27-20+,29-8+,32-17+. The van der Waals surface area contributed by atoms with Crippen molar-refractivity contribution in [2.75, 3.05) is 0 Å². The van der Waals surface area contributed by atoms with Gasteiger partial charge in [-0.1, -0.05) is 74.4 Å². The SMILES string of the molecule is C=C\C(=C/C(=C\C)C(/C)=C/C=c1/[nH]nc(-c2cc3c(-c4ccc(C(=C)C)s4)cncc3[nH]2)c1=C)CCc1ccccc1. The van der Waals surface area contributed by atoms with Crippen LogP contribution in [0.25, 0.3) is 51.0 Å². The second kappa shape index (κ2) is 12.8. The minimum Gasteiger partial charge on any atom is -0.352 e. The summed E-state index contributed by atoms with van der Waals surface area (Å²) in [6, 6.07) is 16.9. The molecule has 5 rings (SSSR count). The number of fused-ring (bicyclic) bond motifs is 1. The van der Waals surface area contributed by atoms with Crippen molar-refractivity contribution in [2.24, 2.45) is 0 Å². The highest BCUT2D eigenvalue weighted by Crippen LogP contribution is 2.36. The van der Waals surface area contributed by atoms with Crippen LogP contribution in [0.3, 0.4) is 0 Å². The van der Waals surface area contributed by atoms with E-state index >= 15 is 0 Å². The average molecular weight is 569 g/mol. The first-order valence-corrected chi connectivity index (χ1v) is 14.9. The summed E-state index contributed by atoms with van der Waals surface area (Å²) in [6.45, 7) is 18.7. The van der Waals surface area contributed by atoms with Gasteiger partial charge in [0.05, 0.1) is 22.8 Å². The summed E-state index contributed by atoms with van der Waals surface area (Å²) in [4.78, 5) is 10.3. The Morgan fingerprint density at radius 1 is 1.07 bits per heavy atom. The molecule has 210 valence electrons. The van der Waals surface area contributed by atoms with E-state index in [9.17, 15) is 0 Å². The van der Waals surface area contributed by atoms with Gasteiger partial charge in [-0.25, -0.2) is 0 Å². The van der Waals surface area contributed by atoms with Gasteiger partial charge in [-0.05, 0) is 85.7 Å². The molecule has 0 aliphatic carbocycles. The lowest BCUT2D eigenvalue weighted by atomic mass is 9.99. The number of nitrogens with zero attached hydrogens (tertiary/aromatic N) is 2. The lowest BCUT2D eigenvalue weighted by Crippen LogP contribution is -2.21. The number of aryl methyl sites for hydroxylation is 1. The highest BCUT2D eigenvalue weighted by Gasteiger charge is 2.13. The number of benzene rings is 1. The van der Waals surface area contributed by atoms with Crippen LogP contribution in [0.4, 0.5) is 0 Å². The first kappa shape index (κ1) is 28.8. The summed E-state index contributed by atoms with van der Waals surface area (Å²) < 4.78 is 0. The van der Waals surface area contributed by atoms with E-state index in [4.69, 9.17) is 0 Å². The van der Waals surface area contributed by atoms with Crippen molar-refractivity contribution < 1.29 is 0 Å². The lowest BCUT2D eigenvalue weighted by Gasteiger charge is -2.06. The Labute approximate surface area is 251 Å². The van der Waals surface area contributed by atoms with Crippen molar-refractivity contribution >= 4 is 40.5 Å². The molecular formula is C37H36N4S. The Bertz CT molecular complexity index is 1960. The van der Waals surface area contributed by atoms with Crippen molar-refractivity contribution in [2.45, 2.75) is 33.6 Å². The fourth-order valence-corrected chi connectivity index (χ4v) is 5.88. The van der Waals surface area contributed by atoms with E-state index in [1.54, 1.807) is 11.3 Å². The molecule has 0 aliphatic heterocycles. The molecule has 0 atom stereocenters. The summed E-state index contributed by atoms with van der Waals surface area (Å²) >= 11 is 1.73. The van der Waals surface area contributed by atoms with Crippen LogP contribution in [-0.2, 0) is 6.42 Å². The molecule has 0 fully saturated rings. The molecule has 0 aliphatic rings. The zero-order valence-corrected chi connectivity index (χ0v) is 25.3. The van der Waals surface area contributed by atoms with Crippen molar-refractivity contribution in [3.05, 3.63) is 136 Å². The van der Waals surface area contributed by atoms with E-state index in [2.05, 4.69) is 121 Å². The zero-order chi connectivity index (χ0) is 29.6. The second-order valence-corrected chi connectivity index (χ2v) is 11.5. The van der Waals surface area contributed by atoms with Gasteiger partial charge in [-0.15, -0.1) is 11.3 Å². The molecule has 0 saturated carbocycles. The molecule has 5 heteroatoms. The van der Waals surface area contributed by atoms with Gasteiger partial charge in [0.1, 0.15) is 5.69 Å². The van der Waals surface area contributed by atoms with Gasteiger partial charge in [0.15, 0.2) is 0 Å². The first-order valence-electron chi connectivity index (χ1n) is 14.1. The maximum absolute atomic E-state index is 4.62. The Hall–Kier alpha value is -4.74. The molecule has 0 radical (unpaired) electrons. The van der Waals surface area contributed by atoms with E-state index in [1.165, 1.54) is 21.6 Å². The van der Waals surface area contributed by atoms with Gasteiger partial charge < -0.3 is 4.98 Å². The molecule has 5 aromatic rings. The quantitative estimate of drug-likeness (QED) is 0.166. The van der Waals surface area contributed by atoms with E-state index in [0.29, 0.717) is 0 Å². The first-order chi connectivity index (χ1) is 20.4. The average Bonchev–Trinajstić information content (AvgIpc) is 3.75. The van der Waals surface area contributed by atoms with Gasteiger partial charge in [0.2, 0.25) is 0 Å². The predicted molar refractivity (Wildman–Crippen MR) is 181 cm³/mol. The largest absolute Gasteiger partial charge is 0.352 e. The number of H-pyrrole nitrogens is 2. The highest BCUT2D eigenvalue weighted by atomic mass is 32.1. The number of aromatic amines is 2. The molecule has 2 N–H and O–H groups in total. The number of thiophene rings is 1. The number of pyridine rings is 1. The third kappa shape index (κ3) is 6.27. The van der Waals surface area contributed by atoms with Crippen molar-refractivity contribution in [3.8, 4) is 21.8 Å². The lowest BCUT2D eigenvalue weighted by molar-refractivity contribution is 0.964. The van der Waals surface area contributed by atoms with Gasteiger partial charge >= 0.3 is 0 Å². The van der Waals surface area contributed by atoms with Crippen LogP contribution in [0, 0.1) is 0 Å². The third-order valence-electron chi connectivity index (χ3n) is 7.41. The van der Waals surface area contributed by atoms with E-state index < -0.39 is 0 Å². The maximum Gasteiger partial charge on any atom is 0.116 e. The number of allylic oxidation sites excluding steroid dienone is 8.